The average Bonchev–Trinajstić information content (AvgIpc) is 2.34. The number of hydrogen-bond acceptors (Lipinski definition) is 4. The number of carboxylic acid groups (broad SMARTS) is 1. The van der Waals surface area contributed by atoms with E-state index < -0.39 is 11.9 Å². The minimum absolute atomic E-state index is 0.0524. The highest BCUT2D eigenvalue weighted by atomic mass is 35.5. The Hall–Kier alpha value is -1.10. The Morgan fingerprint density at radius 1 is 1.80 bits per heavy atom. The van der Waals surface area contributed by atoms with Crippen LogP contribution in [-0.4, -0.2) is 21.2 Å². The maximum atomic E-state index is 10.1. The number of alkyl halides is 1. The summed E-state index contributed by atoms with van der Waals surface area (Å²) in [5.74, 6) is -1.45. The van der Waals surface area contributed by atoms with Gasteiger partial charge < -0.3 is 9.63 Å². The molecular formula is C4H3ClN2O3. The lowest BCUT2D eigenvalue weighted by Gasteiger charge is -1.76. The van der Waals surface area contributed by atoms with E-state index >= 15 is 0 Å². The summed E-state index contributed by atoms with van der Waals surface area (Å²) < 4.78 is 4.27. The van der Waals surface area contributed by atoms with E-state index in [-0.39, 0.29) is 11.7 Å². The Bertz CT molecular complexity index is 246. The standard InChI is InChI=1S/C4H3ClN2O3/c5-1-2-6-3(4(8)9)10-7-2/h1H2,(H,8,9). The van der Waals surface area contributed by atoms with Crippen molar-refractivity contribution >= 4 is 17.6 Å². The van der Waals surface area contributed by atoms with Gasteiger partial charge >= 0.3 is 11.9 Å². The van der Waals surface area contributed by atoms with Crippen LogP contribution < -0.4 is 0 Å². The normalized spacial score (nSPS) is 9.70. The maximum Gasteiger partial charge on any atom is 0.394 e. The number of aromatic nitrogens is 2. The molecule has 0 saturated carbocycles. The summed E-state index contributed by atoms with van der Waals surface area (Å²) in [6.07, 6.45) is 0. The highest BCUT2D eigenvalue weighted by Gasteiger charge is 2.11. The van der Waals surface area contributed by atoms with Gasteiger partial charge in [-0.1, -0.05) is 5.16 Å². The second kappa shape index (κ2) is 2.66. The minimum atomic E-state index is -1.25. The number of carboxylic acids is 1. The van der Waals surface area contributed by atoms with Crippen LogP contribution in [0, 0.1) is 0 Å². The van der Waals surface area contributed by atoms with Crippen LogP contribution in [0.25, 0.3) is 0 Å². The van der Waals surface area contributed by atoms with Gasteiger partial charge in [-0.25, -0.2) is 4.79 Å². The van der Waals surface area contributed by atoms with Gasteiger partial charge in [0.25, 0.3) is 0 Å². The molecule has 54 valence electrons. The molecule has 0 aliphatic heterocycles. The van der Waals surface area contributed by atoms with E-state index in [2.05, 4.69) is 14.7 Å². The van der Waals surface area contributed by atoms with E-state index in [1.165, 1.54) is 0 Å². The van der Waals surface area contributed by atoms with Crippen molar-refractivity contribution < 1.29 is 14.4 Å². The topological polar surface area (TPSA) is 76.2 Å². The van der Waals surface area contributed by atoms with Crippen molar-refractivity contribution in [3.05, 3.63) is 11.7 Å². The predicted molar refractivity (Wildman–Crippen MR) is 30.8 cm³/mol. The molecule has 0 atom stereocenters. The lowest BCUT2D eigenvalue weighted by molar-refractivity contribution is 0.0643. The van der Waals surface area contributed by atoms with Crippen molar-refractivity contribution in [2.45, 2.75) is 5.88 Å². The van der Waals surface area contributed by atoms with Crippen molar-refractivity contribution in [1.82, 2.24) is 10.1 Å². The van der Waals surface area contributed by atoms with Crippen molar-refractivity contribution in [3.63, 3.8) is 0 Å². The van der Waals surface area contributed by atoms with E-state index in [9.17, 15) is 4.79 Å². The van der Waals surface area contributed by atoms with Crippen LogP contribution in [0.4, 0.5) is 0 Å². The molecule has 1 aromatic rings. The van der Waals surface area contributed by atoms with Crippen molar-refractivity contribution in [2.24, 2.45) is 0 Å². The number of carbonyl (C=O) groups is 1. The molecule has 0 unspecified atom stereocenters. The quantitative estimate of drug-likeness (QED) is 0.641. The number of hydrogen-bond donors (Lipinski definition) is 1. The van der Waals surface area contributed by atoms with E-state index in [1.807, 2.05) is 0 Å². The second-order valence-electron chi connectivity index (χ2n) is 1.45. The zero-order valence-electron chi connectivity index (χ0n) is 4.74. The minimum Gasteiger partial charge on any atom is -0.474 e. The van der Waals surface area contributed by atoms with Gasteiger partial charge in [-0.15, -0.1) is 11.6 Å². The number of aromatic carboxylic acids is 1. The Morgan fingerprint density at radius 3 is 2.80 bits per heavy atom. The fraction of sp³-hybridized carbons (Fsp3) is 0.250. The third kappa shape index (κ3) is 1.24. The molecule has 0 aliphatic rings. The molecular weight excluding hydrogens is 160 g/mol. The molecule has 0 fully saturated rings. The van der Waals surface area contributed by atoms with Crippen molar-refractivity contribution in [1.29, 1.82) is 0 Å². The van der Waals surface area contributed by atoms with E-state index in [0.29, 0.717) is 0 Å². The maximum absolute atomic E-state index is 10.1. The summed E-state index contributed by atoms with van der Waals surface area (Å²) in [7, 11) is 0. The van der Waals surface area contributed by atoms with Crippen molar-refractivity contribution in [2.75, 3.05) is 0 Å². The van der Waals surface area contributed by atoms with Crippen molar-refractivity contribution in [3.8, 4) is 0 Å². The predicted octanol–water partition coefficient (Wildman–Crippen LogP) is 0.507. The highest BCUT2D eigenvalue weighted by Crippen LogP contribution is 1.99. The van der Waals surface area contributed by atoms with Gasteiger partial charge in [-0.2, -0.15) is 4.98 Å². The van der Waals surface area contributed by atoms with Gasteiger partial charge in [0.1, 0.15) is 0 Å². The highest BCUT2D eigenvalue weighted by molar-refractivity contribution is 6.16. The largest absolute Gasteiger partial charge is 0.474 e. The Morgan fingerprint density at radius 2 is 2.50 bits per heavy atom. The first-order valence-corrected chi connectivity index (χ1v) is 2.89. The van der Waals surface area contributed by atoms with Crippen LogP contribution in [-0.2, 0) is 5.88 Å². The van der Waals surface area contributed by atoms with Gasteiger partial charge in [0.2, 0.25) is 0 Å². The molecule has 1 heterocycles. The van der Waals surface area contributed by atoms with Gasteiger partial charge in [0.05, 0.1) is 5.88 Å². The Labute approximate surface area is 60.6 Å². The summed E-state index contributed by atoms with van der Waals surface area (Å²) >= 11 is 5.27. The first kappa shape index (κ1) is 7.01. The summed E-state index contributed by atoms with van der Waals surface area (Å²) in [5.41, 5.74) is 0. The molecule has 0 amide bonds. The molecule has 1 rings (SSSR count). The zero-order valence-corrected chi connectivity index (χ0v) is 5.50. The molecule has 1 N–H and O–H groups in total. The van der Waals surface area contributed by atoms with Crippen LogP contribution >= 0.6 is 11.6 Å². The molecule has 10 heavy (non-hydrogen) atoms. The molecule has 0 aromatic carbocycles. The zero-order chi connectivity index (χ0) is 7.56. The monoisotopic (exact) mass is 162 g/mol. The Balaban J connectivity index is 2.88. The molecule has 0 spiro atoms. The summed E-state index contributed by atoms with van der Waals surface area (Å²) in [6, 6.07) is 0. The average molecular weight is 163 g/mol. The number of nitrogens with zero attached hydrogens (tertiary/aromatic N) is 2. The van der Waals surface area contributed by atoms with Gasteiger partial charge in [-0.3, -0.25) is 0 Å². The second-order valence-corrected chi connectivity index (χ2v) is 1.72. The fourth-order valence-corrected chi connectivity index (χ4v) is 0.504. The van der Waals surface area contributed by atoms with E-state index in [4.69, 9.17) is 16.7 Å². The first-order chi connectivity index (χ1) is 4.74. The SMILES string of the molecule is O=C(O)c1nc(CCl)no1. The van der Waals surface area contributed by atoms with Crippen LogP contribution in [0.2, 0.25) is 0 Å². The summed E-state index contributed by atoms with van der Waals surface area (Å²) in [5, 5.41) is 11.5. The molecule has 0 radical (unpaired) electrons. The lowest BCUT2D eigenvalue weighted by atomic mass is 10.6. The smallest absolute Gasteiger partial charge is 0.394 e. The van der Waals surface area contributed by atoms with Gasteiger partial charge in [0, 0.05) is 0 Å². The van der Waals surface area contributed by atoms with Crippen LogP contribution in [0.5, 0.6) is 0 Å². The van der Waals surface area contributed by atoms with Crippen LogP contribution in [0.15, 0.2) is 4.52 Å². The fourth-order valence-electron chi connectivity index (χ4n) is 0.395. The number of rotatable bonds is 2. The first-order valence-electron chi connectivity index (χ1n) is 2.36. The molecule has 6 heteroatoms. The summed E-state index contributed by atoms with van der Waals surface area (Å²) in [4.78, 5) is 13.5. The van der Waals surface area contributed by atoms with E-state index in [1.54, 1.807) is 0 Å². The van der Waals surface area contributed by atoms with Gasteiger partial charge in [-0.05, 0) is 0 Å². The molecule has 5 nitrogen and oxygen atoms in total. The molecule has 0 saturated heterocycles. The molecule has 1 aromatic heterocycles. The third-order valence-electron chi connectivity index (χ3n) is 0.771. The third-order valence-corrected chi connectivity index (χ3v) is 1.01. The van der Waals surface area contributed by atoms with Crippen LogP contribution in [0.3, 0.4) is 0 Å². The van der Waals surface area contributed by atoms with Crippen LogP contribution in [0.1, 0.15) is 16.5 Å². The summed E-state index contributed by atoms with van der Waals surface area (Å²) in [6.45, 7) is 0. The molecule has 0 aliphatic carbocycles. The van der Waals surface area contributed by atoms with E-state index in [0.717, 1.165) is 0 Å². The molecule has 0 bridgehead atoms. The lowest BCUT2D eigenvalue weighted by Crippen LogP contribution is -1.95. The van der Waals surface area contributed by atoms with Gasteiger partial charge in [0.15, 0.2) is 5.82 Å². The number of halogens is 1. The Kier molecular flexibility index (Phi) is 1.86.